The quantitative estimate of drug-likeness (QED) is 0.923. The highest BCUT2D eigenvalue weighted by Gasteiger charge is 2.11. The van der Waals surface area contributed by atoms with E-state index in [4.69, 9.17) is 4.74 Å². The summed E-state index contributed by atoms with van der Waals surface area (Å²) in [6, 6.07) is 7.62. The molecule has 0 fully saturated rings. The average molecular weight is 265 g/mol. The second-order valence-corrected chi connectivity index (χ2v) is 4.86. The third kappa shape index (κ3) is 2.96. The number of anilines is 1. The van der Waals surface area contributed by atoms with Crippen LogP contribution < -0.4 is 5.32 Å². The largest absolute Gasteiger partial charge is 0.383 e. The lowest BCUT2D eigenvalue weighted by Crippen LogP contribution is -2.33. The lowest BCUT2D eigenvalue weighted by Gasteiger charge is -2.15. The molecule has 0 aliphatic carbocycles. The number of benzene rings is 1. The fourth-order valence-corrected chi connectivity index (χ4v) is 2.30. The van der Waals surface area contributed by atoms with E-state index >= 15 is 0 Å². The van der Waals surface area contributed by atoms with Crippen LogP contribution in [0.5, 0.6) is 0 Å². The number of carbonyl (C=O) groups excluding carboxylic acids is 1. The molecule has 6 heteroatoms. The van der Waals surface area contributed by atoms with Crippen molar-refractivity contribution in [2.75, 3.05) is 32.6 Å². The summed E-state index contributed by atoms with van der Waals surface area (Å²) in [7, 11) is 3.33. The molecular weight excluding hydrogens is 250 g/mol. The zero-order valence-corrected chi connectivity index (χ0v) is 11.2. The number of hydrogen-bond acceptors (Lipinski definition) is 4. The predicted octanol–water partition coefficient (Wildman–Crippen LogP) is 2.41. The van der Waals surface area contributed by atoms with Crippen molar-refractivity contribution >= 4 is 32.7 Å². The standard InChI is InChI=1S/C12H15N3O2S/c1-15(7-8-17-2)12(16)14-11-13-9-5-3-4-6-10(9)18-11/h3-6H,7-8H2,1-2H3,(H,13,14,16). The molecule has 96 valence electrons. The summed E-state index contributed by atoms with van der Waals surface area (Å²) < 4.78 is 5.99. The van der Waals surface area contributed by atoms with Crippen molar-refractivity contribution in [3.05, 3.63) is 24.3 Å². The minimum Gasteiger partial charge on any atom is -0.383 e. The highest BCUT2D eigenvalue weighted by atomic mass is 32.1. The van der Waals surface area contributed by atoms with Crippen molar-refractivity contribution < 1.29 is 9.53 Å². The van der Waals surface area contributed by atoms with E-state index in [1.54, 1.807) is 19.1 Å². The zero-order valence-electron chi connectivity index (χ0n) is 10.3. The van der Waals surface area contributed by atoms with Gasteiger partial charge < -0.3 is 9.64 Å². The van der Waals surface area contributed by atoms with Gasteiger partial charge in [-0.05, 0) is 12.1 Å². The molecule has 0 saturated carbocycles. The Morgan fingerprint density at radius 2 is 2.28 bits per heavy atom. The lowest BCUT2D eigenvalue weighted by molar-refractivity contribution is 0.165. The number of likely N-dealkylation sites (N-methyl/N-ethyl adjacent to an activating group) is 1. The van der Waals surface area contributed by atoms with Crippen molar-refractivity contribution in [3.63, 3.8) is 0 Å². The number of ether oxygens (including phenoxy) is 1. The van der Waals surface area contributed by atoms with E-state index in [2.05, 4.69) is 10.3 Å². The molecule has 1 aromatic heterocycles. The molecule has 0 radical (unpaired) electrons. The second kappa shape index (κ2) is 5.79. The molecule has 0 unspecified atom stereocenters. The number of carbonyl (C=O) groups is 1. The summed E-state index contributed by atoms with van der Waals surface area (Å²) in [5.41, 5.74) is 0.900. The third-order valence-corrected chi connectivity index (χ3v) is 3.44. The van der Waals surface area contributed by atoms with Crippen LogP contribution in [-0.4, -0.2) is 43.2 Å². The Hall–Kier alpha value is -1.66. The fraction of sp³-hybridized carbons (Fsp3) is 0.333. The number of para-hydroxylation sites is 1. The SMILES string of the molecule is COCCN(C)C(=O)Nc1nc2ccccc2s1. The number of methoxy groups -OCH3 is 1. The first-order valence-corrected chi connectivity index (χ1v) is 6.39. The maximum absolute atomic E-state index is 11.8. The topological polar surface area (TPSA) is 54.5 Å². The van der Waals surface area contributed by atoms with Crippen LogP contribution in [0.4, 0.5) is 9.93 Å². The molecule has 1 N–H and O–H groups in total. The maximum Gasteiger partial charge on any atom is 0.323 e. The Balaban J connectivity index is 2.02. The Bertz CT molecular complexity index is 508. The monoisotopic (exact) mass is 265 g/mol. The molecule has 0 aliphatic rings. The van der Waals surface area contributed by atoms with Crippen LogP contribution in [0.25, 0.3) is 10.2 Å². The number of nitrogens with zero attached hydrogens (tertiary/aromatic N) is 2. The zero-order chi connectivity index (χ0) is 13.0. The Labute approximate surface area is 109 Å². The van der Waals surface area contributed by atoms with Crippen LogP contribution in [-0.2, 0) is 4.74 Å². The van der Waals surface area contributed by atoms with E-state index in [0.29, 0.717) is 18.3 Å². The number of urea groups is 1. The highest BCUT2D eigenvalue weighted by molar-refractivity contribution is 7.22. The minimum absolute atomic E-state index is 0.175. The number of thiazole rings is 1. The van der Waals surface area contributed by atoms with Gasteiger partial charge in [0.2, 0.25) is 0 Å². The summed E-state index contributed by atoms with van der Waals surface area (Å²) in [6.07, 6.45) is 0. The summed E-state index contributed by atoms with van der Waals surface area (Å²) in [6.45, 7) is 1.07. The van der Waals surface area contributed by atoms with Crippen LogP contribution in [0.1, 0.15) is 0 Å². The van der Waals surface area contributed by atoms with E-state index in [1.165, 1.54) is 11.3 Å². The molecule has 2 amide bonds. The van der Waals surface area contributed by atoms with Gasteiger partial charge in [-0.3, -0.25) is 5.32 Å². The molecule has 0 saturated heterocycles. The minimum atomic E-state index is -0.175. The normalized spacial score (nSPS) is 10.6. The van der Waals surface area contributed by atoms with Crippen LogP contribution in [0.15, 0.2) is 24.3 Å². The summed E-state index contributed by atoms with van der Waals surface area (Å²) in [5, 5.41) is 3.40. The van der Waals surface area contributed by atoms with E-state index in [0.717, 1.165) is 10.2 Å². The van der Waals surface area contributed by atoms with Crippen LogP contribution >= 0.6 is 11.3 Å². The van der Waals surface area contributed by atoms with E-state index < -0.39 is 0 Å². The van der Waals surface area contributed by atoms with Crippen molar-refractivity contribution in [1.29, 1.82) is 0 Å². The van der Waals surface area contributed by atoms with Gasteiger partial charge in [0, 0.05) is 20.7 Å². The van der Waals surface area contributed by atoms with Crippen LogP contribution in [0.2, 0.25) is 0 Å². The highest BCUT2D eigenvalue weighted by Crippen LogP contribution is 2.25. The molecule has 0 bridgehead atoms. The third-order valence-electron chi connectivity index (χ3n) is 2.49. The number of hydrogen-bond donors (Lipinski definition) is 1. The molecule has 5 nitrogen and oxygen atoms in total. The van der Waals surface area contributed by atoms with Gasteiger partial charge in [0.1, 0.15) is 0 Å². The van der Waals surface area contributed by atoms with E-state index in [1.807, 2.05) is 24.3 Å². The van der Waals surface area contributed by atoms with Crippen LogP contribution in [0, 0.1) is 0 Å². The van der Waals surface area contributed by atoms with Gasteiger partial charge in [-0.2, -0.15) is 0 Å². The fourth-order valence-electron chi connectivity index (χ4n) is 1.44. The summed E-state index contributed by atoms with van der Waals surface area (Å²) in [4.78, 5) is 17.7. The first-order chi connectivity index (χ1) is 8.70. The van der Waals surface area contributed by atoms with Gasteiger partial charge in [0.15, 0.2) is 5.13 Å². The summed E-state index contributed by atoms with van der Waals surface area (Å²) >= 11 is 1.47. The molecule has 0 atom stereocenters. The molecular formula is C12H15N3O2S. The van der Waals surface area contributed by atoms with Gasteiger partial charge in [-0.1, -0.05) is 23.5 Å². The van der Waals surface area contributed by atoms with Gasteiger partial charge in [0.05, 0.1) is 16.8 Å². The van der Waals surface area contributed by atoms with Gasteiger partial charge >= 0.3 is 6.03 Å². The smallest absolute Gasteiger partial charge is 0.323 e. The van der Waals surface area contributed by atoms with E-state index in [-0.39, 0.29) is 6.03 Å². The van der Waals surface area contributed by atoms with Crippen molar-refractivity contribution in [2.45, 2.75) is 0 Å². The maximum atomic E-state index is 11.8. The molecule has 0 aliphatic heterocycles. The van der Waals surface area contributed by atoms with Crippen molar-refractivity contribution in [3.8, 4) is 0 Å². The Kier molecular flexibility index (Phi) is 4.11. The Morgan fingerprint density at radius 3 is 3.00 bits per heavy atom. The molecule has 2 aromatic rings. The molecule has 18 heavy (non-hydrogen) atoms. The lowest BCUT2D eigenvalue weighted by atomic mass is 10.3. The molecule has 2 rings (SSSR count). The second-order valence-electron chi connectivity index (χ2n) is 3.83. The predicted molar refractivity (Wildman–Crippen MR) is 73.1 cm³/mol. The van der Waals surface area contributed by atoms with Crippen molar-refractivity contribution in [2.24, 2.45) is 0 Å². The average Bonchev–Trinajstić information content (AvgIpc) is 2.77. The molecule has 1 heterocycles. The summed E-state index contributed by atoms with van der Waals surface area (Å²) in [5.74, 6) is 0. The number of rotatable bonds is 4. The number of amides is 2. The van der Waals surface area contributed by atoms with Gasteiger partial charge in [0.25, 0.3) is 0 Å². The van der Waals surface area contributed by atoms with E-state index in [9.17, 15) is 4.79 Å². The Morgan fingerprint density at radius 1 is 1.50 bits per heavy atom. The van der Waals surface area contributed by atoms with Crippen LogP contribution in [0.3, 0.4) is 0 Å². The van der Waals surface area contributed by atoms with Gasteiger partial charge in [-0.25, -0.2) is 9.78 Å². The number of nitrogens with one attached hydrogen (secondary N) is 1. The first kappa shape index (κ1) is 12.8. The van der Waals surface area contributed by atoms with Gasteiger partial charge in [-0.15, -0.1) is 0 Å². The number of aromatic nitrogens is 1. The first-order valence-electron chi connectivity index (χ1n) is 5.57. The van der Waals surface area contributed by atoms with Crippen molar-refractivity contribution in [1.82, 2.24) is 9.88 Å². The molecule has 1 aromatic carbocycles. The number of fused-ring (bicyclic) bond motifs is 1. The molecule has 0 spiro atoms.